The van der Waals surface area contributed by atoms with Crippen molar-refractivity contribution in [3.63, 3.8) is 0 Å². The van der Waals surface area contributed by atoms with Crippen LogP contribution in [0.15, 0.2) is 9.85 Å². The fourth-order valence-corrected chi connectivity index (χ4v) is 4.40. The van der Waals surface area contributed by atoms with E-state index >= 15 is 0 Å². The van der Waals surface area contributed by atoms with Crippen molar-refractivity contribution in [2.45, 2.75) is 30.9 Å². The van der Waals surface area contributed by atoms with Crippen LogP contribution in [0.5, 0.6) is 0 Å². The van der Waals surface area contributed by atoms with Gasteiger partial charge in [-0.2, -0.15) is 0 Å². The Labute approximate surface area is 135 Å². The summed E-state index contributed by atoms with van der Waals surface area (Å²) in [5.41, 5.74) is 3.01. The Morgan fingerprint density at radius 2 is 2.14 bits per heavy atom. The van der Waals surface area contributed by atoms with Crippen molar-refractivity contribution >= 4 is 50.5 Å². The second-order valence-corrected chi connectivity index (χ2v) is 7.73. The van der Waals surface area contributed by atoms with Crippen molar-refractivity contribution in [2.75, 3.05) is 11.9 Å². The second-order valence-electron chi connectivity index (χ2n) is 4.48. The van der Waals surface area contributed by atoms with E-state index in [2.05, 4.69) is 41.3 Å². The van der Waals surface area contributed by atoms with Crippen LogP contribution in [0, 0.1) is 13.8 Å². The lowest BCUT2D eigenvalue weighted by molar-refractivity contribution is 1.00. The molecule has 3 aromatic rings. The molecule has 1 N–H and O–H groups in total. The number of hydrogen-bond acceptors (Lipinski definition) is 8. The van der Waals surface area contributed by atoms with Gasteiger partial charge in [0.1, 0.15) is 22.0 Å². The van der Waals surface area contributed by atoms with Gasteiger partial charge in [-0.15, -0.1) is 21.5 Å². The van der Waals surface area contributed by atoms with Crippen LogP contribution in [-0.4, -0.2) is 26.7 Å². The molecule has 0 saturated carbocycles. The van der Waals surface area contributed by atoms with Crippen LogP contribution in [0.2, 0.25) is 0 Å². The summed E-state index contributed by atoms with van der Waals surface area (Å²) in [5, 5.41) is 12.4. The molecule has 3 aromatic heterocycles. The highest BCUT2D eigenvalue weighted by Gasteiger charge is 2.14. The molecule has 21 heavy (non-hydrogen) atoms. The second kappa shape index (κ2) is 6.25. The zero-order chi connectivity index (χ0) is 14.8. The zero-order valence-corrected chi connectivity index (χ0v) is 14.5. The standard InChI is InChI=1S/C13H15N5S3/c1-4-14-11-10-7(2)8(3)21-12(10)17-9(16-11)5-19-13-18-15-6-20-13/h6H,4-5H2,1-3H3,(H,14,16,17). The lowest BCUT2D eigenvalue weighted by Gasteiger charge is -2.07. The van der Waals surface area contributed by atoms with E-state index < -0.39 is 0 Å². The van der Waals surface area contributed by atoms with Crippen LogP contribution in [0.3, 0.4) is 0 Å². The Hall–Kier alpha value is -1.25. The Bertz CT molecular complexity index is 751. The molecule has 0 unspecified atom stereocenters. The summed E-state index contributed by atoms with van der Waals surface area (Å²) >= 11 is 4.89. The van der Waals surface area contributed by atoms with Gasteiger partial charge in [0.2, 0.25) is 0 Å². The molecule has 0 radical (unpaired) electrons. The van der Waals surface area contributed by atoms with Crippen molar-refractivity contribution in [1.82, 2.24) is 20.2 Å². The molecule has 110 valence electrons. The monoisotopic (exact) mass is 337 g/mol. The van der Waals surface area contributed by atoms with E-state index in [4.69, 9.17) is 4.98 Å². The minimum Gasteiger partial charge on any atom is -0.370 e. The third-order valence-corrected chi connectivity index (χ3v) is 6.04. The van der Waals surface area contributed by atoms with Crippen LogP contribution in [0.4, 0.5) is 5.82 Å². The van der Waals surface area contributed by atoms with Crippen LogP contribution in [-0.2, 0) is 5.75 Å². The summed E-state index contributed by atoms with van der Waals surface area (Å²) in [6, 6.07) is 0. The first-order valence-electron chi connectivity index (χ1n) is 6.58. The largest absolute Gasteiger partial charge is 0.370 e. The maximum absolute atomic E-state index is 4.70. The highest BCUT2D eigenvalue weighted by atomic mass is 32.2. The zero-order valence-electron chi connectivity index (χ0n) is 12.0. The van der Waals surface area contributed by atoms with E-state index in [0.717, 1.165) is 32.7 Å². The third kappa shape index (κ3) is 3.02. The number of hydrogen-bond donors (Lipinski definition) is 1. The van der Waals surface area contributed by atoms with E-state index in [1.807, 2.05) is 0 Å². The Kier molecular flexibility index (Phi) is 4.37. The molecule has 3 heterocycles. The lowest BCUT2D eigenvalue weighted by atomic mass is 10.2. The molecule has 5 nitrogen and oxygen atoms in total. The molecule has 0 bridgehead atoms. The molecular formula is C13H15N5S3. The normalized spacial score (nSPS) is 11.2. The van der Waals surface area contributed by atoms with Crippen molar-refractivity contribution in [3.8, 4) is 0 Å². The fraction of sp³-hybridized carbons (Fsp3) is 0.385. The third-order valence-electron chi connectivity index (χ3n) is 3.08. The summed E-state index contributed by atoms with van der Waals surface area (Å²) in [5.74, 6) is 2.48. The molecular weight excluding hydrogens is 322 g/mol. The minimum absolute atomic E-state index is 0.708. The highest BCUT2D eigenvalue weighted by Crippen LogP contribution is 2.34. The van der Waals surface area contributed by atoms with Crippen molar-refractivity contribution in [2.24, 2.45) is 0 Å². The number of rotatable bonds is 5. The first-order valence-corrected chi connectivity index (χ1v) is 9.26. The Morgan fingerprint density at radius 3 is 2.86 bits per heavy atom. The van der Waals surface area contributed by atoms with Crippen LogP contribution in [0.25, 0.3) is 10.2 Å². The highest BCUT2D eigenvalue weighted by molar-refractivity contribution is 8.00. The van der Waals surface area contributed by atoms with Crippen LogP contribution >= 0.6 is 34.4 Å². The molecule has 0 saturated heterocycles. The summed E-state index contributed by atoms with van der Waals surface area (Å²) in [6.45, 7) is 7.20. The molecule has 0 atom stereocenters. The van der Waals surface area contributed by atoms with Gasteiger partial charge in [0.25, 0.3) is 0 Å². The van der Waals surface area contributed by atoms with E-state index in [1.165, 1.54) is 21.8 Å². The van der Waals surface area contributed by atoms with Gasteiger partial charge in [-0.1, -0.05) is 23.1 Å². The molecule has 0 aliphatic heterocycles. The van der Waals surface area contributed by atoms with Gasteiger partial charge in [0, 0.05) is 11.4 Å². The Balaban J connectivity index is 1.95. The van der Waals surface area contributed by atoms with Crippen molar-refractivity contribution < 1.29 is 0 Å². The van der Waals surface area contributed by atoms with Gasteiger partial charge >= 0.3 is 0 Å². The predicted octanol–water partition coefficient (Wildman–Crippen LogP) is 3.88. The van der Waals surface area contributed by atoms with E-state index in [9.17, 15) is 0 Å². The average Bonchev–Trinajstić information content (AvgIpc) is 3.06. The smallest absolute Gasteiger partial charge is 0.174 e. The summed E-state index contributed by atoms with van der Waals surface area (Å²) < 4.78 is 0.947. The topological polar surface area (TPSA) is 63.6 Å². The number of nitrogens with one attached hydrogen (secondary N) is 1. The Morgan fingerprint density at radius 1 is 1.29 bits per heavy atom. The van der Waals surface area contributed by atoms with Gasteiger partial charge in [-0.25, -0.2) is 9.97 Å². The maximum Gasteiger partial charge on any atom is 0.174 e. The maximum atomic E-state index is 4.70. The number of thiophene rings is 1. The SMILES string of the molecule is CCNc1nc(CSc2nncs2)nc2sc(C)c(C)c12. The molecule has 0 amide bonds. The molecule has 8 heteroatoms. The minimum atomic E-state index is 0.708. The molecule has 0 spiro atoms. The van der Waals surface area contributed by atoms with Gasteiger partial charge in [0.15, 0.2) is 4.34 Å². The van der Waals surface area contributed by atoms with Crippen LogP contribution < -0.4 is 5.32 Å². The number of anilines is 1. The first kappa shape index (κ1) is 14.7. The number of fused-ring (bicyclic) bond motifs is 1. The molecule has 3 rings (SSSR count). The first-order chi connectivity index (χ1) is 10.2. The quantitative estimate of drug-likeness (QED) is 0.713. The summed E-state index contributed by atoms with van der Waals surface area (Å²) in [6.07, 6.45) is 0. The van der Waals surface area contributed by atoms with E-state index in [1.54, 1.807) is 28.6 Å². The van der Waals surface area contributed by atoms with Gasteiger partial charge in [-0.3, -0.25) is 0 Å². The predicted molar refractivity (Wildman–Crippen MR) is 90.5 cm³/mol. The van der Waals surface area contributed by atoms with Gasteiger partial charge in [0.05, 0.1) is 11.1 Å². The number of aromatic nitrogens is 4. The fourth-order valence-electron chi connectivity index (χ4n) is 2.01. The summed E-state index contributed by atoms with van der Waals surface area (Å²) in [4.78, 5) is 11.7. The molecule has 0 aliphatic rings. The number of aryl methyl sites for hydroxylation is 2. The van der Waals surface area contributed by atoms with E-state index in [0.29, 0.717) is 5.75 Å². The van der Waals surface area contributed by atoms with Crippen LogP contribution in [0.1, 0.15) is 23.2 Å². The number of nitrogens with zero attached hydrogens (tertiary/aromatic N) is 4. The van der Waals surface area contributed by atoms with Crippen molar-refractivity contribution in [1.29, 1.82) is 0 Å². The lowest BCUT2D eigenvalue weighted by Crippen LogP contribution is -2.03. The molecule has 0 aliphatic carbocycles. The average molecular weight is 337 g/mol. The van der Waals surface area contributed by atoms with Crippen molar-refractivity contribution in [3.05, 3.63) is 21.8 Å². The molecule has 0 fully saturated rings. The van der Waals surface area contributed by atoms with Gasteiger partial charge < -0.3 is 5.32 Å². The number of thioether (sulfide) groups is 1. The van der Waals surface area contributed by atoms with E-state index in [-0.39, 0.29) is 0 Å². The molecule has 0 aromatic carbocycles. The summed E-state index contributed by atoms with van der Waals surface area (Å²) in [7, 11) is 0. The van der Waals surface area contributed by atoms with Gasteiger partial charge in [-0.05, 0) is 26.3 Å².